The highest BCUT2D eigenvalue weighted by Crippen LogP contribution is 2.19. The maximum Gasteiger partial charge on any atom is 0.236 e. The van der Waals surface area contributed by atoms with Crippen molar-refractivity contribution in [3.05, 3.63) is 34.8 Å². The predicted molar refractivity (Wildman–Crippen MR) is 99.4 cm³/mol. The lowest BCUT2D eigenvalue weighted by Gasteiger charge is -2.10. The minimum absolute atomic E-state index is 0. The summed E-state index contributed by atoms with van der Waals surface area (Å²) in [6.07, 6.45) is 4.09. The second-order valence-corrected chi connectivity index (χ2v) is 5.72. The number of nitrogens with zero attached hydrogens (tertiary/aromatic N) is 2. The van der Waals surface area contributed by atoms with Crippen LogP contribution in [-0.2, 0) is 11.2 Å². The first-order chi connectivity index (χ1) is 10.2. The fourth-order valence-electron chi connectivity index (χ4n) is 1.92. The molecule has 23 heavy (non-hydrogen) atoms. The van der Waals surface area contributed by atoms with Gasteiger partial charge in [0.25, 0.3) is 0 Å². The molecule has 1 amide bonds. The van der Waals surface area contributed by atoms with Crippen LogP contribution in [0.4, 0.5) is 0 Å². The van der Waals surface area contributed by atoms with Crippen LogP contribution in [0.3, 0.4) is 0 Å². The van der Waals surface area contributed by atoms with Crippen LogP contribution in [0.25, 0.3) is 11.4 Å². The highest BCUT2D eigenvalue weighted by molar-refractivity contribution is 7.09. The van der Waals surface area contributed by atoms with E-state index in [0.29, 0.717) is 19.4 Å². The maximum absolute atomic E-state index is 11.7. The number of aromatic nitrogens is 2. The van der Waals surface area contributed by atoms with E-state index in [1.54, 1.807) is 17.5 Å². The molecule has 0 radical (unpaired) electrons. The number of nitrogens with one attached hydrogen (secondary N) is 1. The van der Waals surface area contributed by atoms with Gasteiger partial charge >= 0.3 is 0 Å². The van der Waals surface area contributed by atoms with Crippen LogP contribution in [0.1, 0.15) is 24.8 Å². The van der Waals surface area contributed by atoms with Crippen LogP contribution in [0.5, 0.6) is 0 Å². The number of nitrogens with two attached hydrogens (primary N) is 1. The number of rotatable bonds is 7. The van der Waals surface area contributed by atoms with Crippen LogP contribution in [0, 0.1) is 0 Å². The minimum Gasteiger partial charge on any atom is -0.354 e. The number of hydrogen-bond donors (Lipinski definition) is 2. The molecule has 0 spiro atoms. The van der Waals surface area contributed by atoms with Gasteiger partial charge < -0.3 is 11.1 Å². The predicted octanol–water partition coefficient (Wildman–Crippen LogP) is 2.83. The lowest BCUT2D eigenvalue weighted by molar-refractivity contribution is -0.122. The van der Waals surface area contributed by atoms with Crippen LogP contribution < -0.4 is 11.1 Å². The summed E-state index contributed by atoms with van der Waals surface area (Å²) in [5, 5.41) is 5.83. The molecule has 2 heterocycles. The normalized spacial score (nSPS) is 11.0. The van der Waals surface area contributed by atoms with Gasteiger partial charge in [0, 0.05) is 24.5 Å². The van der Waals surface area contributed by atoms with E-state index in [-0.39, 0.29) is 30.7 Å². The molecule has 1 atom stereocenters. The first-order valence-electron chi connectivity index (χ1n) is 7.09. The summed E-state index contributed by atoms with van der Waals surface area (Å²) in [6, 6.07) is 5.35. The van der Waals surface area contributed by atoms with Crippen molar-refractivity contribution in [2.45, 2.75) is 32.2 Å². The van der Waals surface area contributed by atoms with Crippen molar-refractivity contribution in [2.75, 3.05) is 6.54 Å². The molecule has 0 aromatic carbocycles. The van der Waals surface area contributed by atoms with Crippen LogP contribution in [-0.4, -0.2) is 28.5 Å². The van der Waals surface area contributed by atoms with Gasteiger partial charge in [-0.15, -0.1) is 36.2 Å². The third kappa shape index (κ3) is 6.83. The number of amides is 1. The SMILES string of the molecule is CCCC(N)C(=O)NCCc1nc(-c2ccccn2)cs1.Cl.Cl. The van der Waals surface area contributed by atoms with E-state index in [0.717, 1.165) is 22.8 Å². The molecule has 0 saturated carbocycles. The zero-order valence-corrected chi connectivity index (χ0v) is 15.3. The molecule has 2 aromatic rings. The summed E-state index contributed by atoms with van der Waals surface area (Å²) in [6.45, 7) is 2.58. The summed E-state index contributed by atoms with van der Waals surface area (Å²) in [5.74, 6) is -0.0849. The highest BCUT2D eigenvalue weighted by Gasteiger charge is 2.11. The topological polar surface area (TPSA) is 80.9 Å². The lowest BCUT2D eigenvalue weighted by Crippen LogP contribution is -2.41. The van der Waals surface area contributed by atoms with E-state index in [2.05, 4.69) is 15.3 Å². The standard InChI is InChI=1S/C15H20N4OS.2ClH/c1-2-5-11(16)15(20)18-9-7-14-19-13(10-21-14)12-6-3-4-8-17-12;;/h3-4,6,8,10-11H,2,5,7,9,16H2,1H3,(H,18,20);2*1H. The number of carbonyl (C=O) groups is 1. The van der Waals surface area contributed by atoms with Gasteiger partial charge in [0.2, 0.25) is 5.91 Å². The van der Waals surface area contributed by atoms with Gasteiger partial charge in [-0.2, -0.15) is 0 Å². The first-order valence-corrected chi connectivity index (χ1v) is 7.97. The van der Waals surface area contributed by atoms with E-state index >= 15 is 0 Å². The molecular formula is C15H22Cl2N4OS. The minimum atomic E-state index is -0.407. The molecule has 0 saturated heterocycles. The Balaban J connectivity index is 0.00000242. The fourth-order valence-corrected chi connectivity index (χ4v) is 2.72. The number of halogens is 2. The second-order valence-electron chi connectivity index (χ2n) is 4.78. The van der Waals surface area contributed by atoms with Crippen molar-refractivity contribution < 1.29 is 4.79 Å². The summed E-state index contributed by atoms with van der Waals surface area (Å²) in [5.41, 5.74) is 7.50. The third-order valence-electron chi connectivity index (χ3n) is 3.05. The number of carbonyl (C=O) groups excluding carboxylic acids is 1. The number of thiazole rings is 1. The van der Waals surface area contributed by atoms with E-state index in [9.17, 15) is 4.79 Å². The maximum atomic E-state index is 11.7. The average molecular weight is 377 g/mol. The van der Waals surface area contributed by atoms with Crippen LogP contribution in [0.2, 0.25) is 0 Å². The Hall–Kier alpha value is -1.21. The Kier molecular flexibility index (Phi) is 10.7. The molecule has 3 N–H and O–H groups in total. The van der Waals surface area contributed by atoms with Crippen molar-refractivity contribution in [3.63, 3.8) is 0 Å². The average Bonchev–Trinajstić information content (AvgIpc) is 2.97. The Labute approximate surface area is 152 Å². The third-order valence-corrected chi connectivity index (χ3v) is 3.96. The van der Waals surface area contributed by atoms with Gasteiger partial charge in [-0.1, -0.05) is 19.4 Å². The molecule has 2 rings (SSSR count). The summed E-state index contributed by atoms with van der Waals surface area (Å²) in [4.78, 5) is 20.5. The summed E-state index contributed by atoms with van der Waals surface area (Å²) in [7, 11) is 0. The zero-order chi connectivity index (χ0) is 15.1. The van der Waals surface area contributed by atoms with Crippen molar-refractivity contribution in [2.24, 2.45) is 5.73 Å². The monoisotopic (exact) mass is 376 g/mol. The molecule has 1 unspecified atom stereocenters. The molecule has 2 aromatic heterocycles. The Morgan fingerprint density at radius 3 is 2.78 bits per heavy atom. The lowest BCUT2D eigenvalue weighted by atomic mass is 10.2. The number of hydrogen-bond acceptors (Lipinski definition) is 5. The van der Waals surface area contributed by atoms with Gasteiger partial charge in [-0.05, 0) is 18.6 Å². The quantitative estimate of drug-likeness (QED) is 0.778. The van der Waals surface area contributed by atoms with E-state index < -0.39 is 6.04 Å². The molecule has 128 valence electrons. The first kappa shape index (κ1) is 21.8. The molecular weight excluding hydrogens is 355 g/mol. The molecule has 8 heteroatoms. The van der Waals surface area contributed by atoms with Crippen LogP contribution >= 0.6 is 36.2 Å². The highest BCUT2D eigenvalue weighted by atomic mass is 35.5. The molecule has 0 aliphatic carbocycles. The smallest absolute Gasteiger partial charge is 0.236 e. The van der Waals surface area contributed by atoms with Gasteiger partial charge in [0.1, 0.15) is 0 Å². The van der Waals surface area contributed by atoms with Crippen molar-refractivity contribution >= 4 is 42.1 Å². The number of pyridine rings is 1. The Morgan fingerprint density at radius 1 is 1.35 bits per heavy atom. The molecule has 5 nitrogen and oxygen atoms in total. The van der Waals surface area contributed by atoms with Gasteiger partial charge in [0.15, 0.2) is 0 Å². The molecule has 0 bridgehead atoms. The van der Waals surface area contributed by atoms with Crippen molar-refractivity contribution in [1.82, 2.24) is 15.3 Å². The van der Waals surface area contributed by atoms with Crippen LogP contribution in [0.15, 0.2) is 29.8 Å². The van der Waals surface area contributed by atoms with E-state index in [1.807, 2.05) is 30.5 Å². The van der Waals surface area contributed by atoms with Gasteiger partial charge in [-0.25, -0.2) is 4.98 Å². The zero-order valence-electron chi connectivity index (χ0n) is 12.9. The Bertz CT molecular complexity index is 580. The molecule has 0 aliphatic rings. The van der Waals surface area contributed by atoms with E-state index in [4.69, 9.17) is 5.73 Å². The van der Waals surface area contributed by atoms with E-state index in [1.165, 1.54) is 0 Å². The fraction of sp³-hybridized carbons (Fsp3) is 0.400. The molecule has 0 fully saturated rings. The van der Waals surface area contributed by atoms with Crippen molar-refractivity contribution in [1.29, 1.82) is 0 Å². The summed E-state index contributed by atoms with van der Waals surface area (Å²) >= 11 is 1.58. The largest absolute Gasteiger partial charge is 0.354 e. The van der Waals surface area contributed by atoms with Gasteiger partial charge in [-0.3, -0.25) is 9.78 Å². The Morgan fingerprint density at radius 2 is 2.13 bits per heavy atom. The van der Waals surface area contributed by atoms with Crippen molar-refractivity contribution in [3.8, 4) is 11.4 Å². The van der Waals surface area contributed by atoms with Gasteiger partial charge in [0.05, 0.1) is 22.4 Å². The second kappa shape index (κ2) is 11.3. The summed E-state index contributed by atoms with van der Waals surface area (Å²) < 4.78 is 0. The molecule has 0 aliphatic heterocycles.